The van der Waals surface area contributed by atoms with Crippen molar-refractivity contribution in [2.45, 2.75) is 18.8 Å². The zero-order valence-corrected chi connectivity index (χ0v) is 8.50. The number of alkyl halides is 3. The number of halogens is 3. The Hall–Kier alpha value is -1.49. The molecule has 2 nitrogen and oxygen atoms in total. The van der Waals surface area contributed by atoms with E-state index in [1.807, 2.05) is 0 Å². The minimum Gasteiger partial charge on any atom is -0.406 e. The zero-order valence-electron chi connectivity index (χ0n) is 8.50. The van der Waals surface area contributed by atoms with Crippen molar-refractivity contribution in [1.82, 2.24) is 0 Å². The van der Waals surface area contributed by atoms with Crippen molar-refractivity contribution in [1.29, 1.82) is 0 Å². The second-order valence-corrected chi connectivity index (χ2v) is 3.25. The minimum atomic E-state index is -4.68. The summed E-state index contributed by atoms with van der Waals surface area (Å²) in [6.07, 6.45) is -2.57. The van der Waals surface area contributed by atoms with Crippen molar-refractivity contribution in [2.75, 3.05) is 0 Å². The van der Waals surface area contributed by atoms with Crippen molar-refractivity contribution >= 4 is 0 Å². The van der Waals surface area contributed by atoms with E-state index in [0.717, 1.165) is 0 Å². The Morgan fingerprint density at radius 1 is 1.44 bits per heavy atom. The van der Waals surface area contributed by atoms with Crippen LogP contribution < -0.4 is 10.5 Å². The third-order valence-electron chi connectivity index (χ3n) is 1.94. The molecule has 0 amide bonds. The zero-order chi connectivity index (χ0) is 12.2. The normalized spacial score (nSPS) is 13.2. The highest BCUT2D eigenvalue weighted by molar-refractivity contribution is 5.30. The van der Waals surface area contributed by atoms with E-state index in [1.54, 1.807) is 12.1 Å². The van der Waals surface area contributed by atoms with Gasteiger partial charge in [-0.05, 0) is 24.1 Å². The maximum absolute atomic E-state index is 12.0. The Morgan fingerprint density at radius 3 is 2.69 bits per heavy atom. The van der Waals surface area contributed by atoms with E-state index >= 15 is 0 Å². The minimum absolute atomic E-state index is 0.260. The molecular weight excluding hydrogens is 219 g/mol. The van der Waals surface area contributed by atoms with Gasteiger partial charge in [-0.3, -0.25) is 0 Å². The van der Waals surface area contributed by atoms with Crippen LogP contribution in [0, 0.1) is 0 Å². The highest BCUT2D eigenvalue weighted by atomic mass is 19.4. The number of benzene rings is 1. The van der Waals surface area contributed by atoms with Gasteiger partial charge < -0.3 is 10.5 Å². The molecule has 0 fully saturated rings. The summed E-state index contributed by atoms with van der Waals surface area (Å²) in [4.78, 5) is 0. The van der Waals surface area contributed by atoms with E-state index < -0.39 is 6.36 Å². The summed E-state index contributed by atoms with van der Waals surface area (Å²) in [5.74, 6) is -0.260. The maximum atomic E-state index is 12.0. The second kappa shape index (κ2) is 5.03. The summed E-state index contributed by atoms with van der Waals surface area (Å²) >= 11 is 0. The van der Waals surface area contributed by atoms with Gasteiger partial charge in [0.2, 0.25) is 0 Å². The van der Waals surface area contributed by atoms with Gasteiger partial charge in [-0.15, -0.1) is 19.8 Å². The molecule has 0 heterocycles. The lowest BCUT2D eigenvalue weighted by Crippen LogP contribution is -2.17. The number of nitrogens with two attached hydrogens (primary N) is 1. The van der Waals surface area contributed by atoms with E-state index in [4.69, 9.17) is 5.73 Å². The third-order valence-corrected chi connectivity index (χ3v) is 1.94. The van der Waals surface area contributed by atoms with Gasteiger partial charge in [0.05, 0.1) is 0 Å². The molecule has 0 bridgehead atoms. The molecule has 1 atom stereocenters. The average Bonchev–Trinajstić information content (AvgIpc) is 2.16. The van der Waals surface area contributed by atoms with Crippen LogP contribution in [0.25, 0.3) is 0 Å². The molecule has 0 saturated carbocycles. The number of ether oxygens (including phenoxy) is 1. The topological polar surface area (TPSA) is 35.2 Å². The van der Waals surface area contributed by atoms with Crippen LogP contribution in [0.3, 0.4) is 0 Å². The highest BCUT2D eigenvalue weighted by Gasteiger charge is 2.31. The van der Waals surface area contributed by atoms with E-state index in [2.05, 4.69) is 11.3 Å². The van der Waals surface area contributed by atoms with Crippen LogP contribution in [0.5, 0.6) is 5.75 Å². The second-order valence-electron chi connectivity index (χ2n) is 3.25. The van der Waals surface area contributed by atoms with Gasteiger partial charge in [-0.25, -0.2) is 0 Å². The molecule has 5 heteroatoms. The fraction of sp³-hybridized carbons (Fsp3) is 0.273. The van der Waals surface area contributed by atoms with E-state index in [-0.39, 0.29) is 11.8 Å². The standard InChI is InChI=1S/C11H12F3NO/c1-2-4-10(15)8-5-3-6-9(7-8)16-11(12,13)14/h2-3,5-7,10H,1,4,15H2/t10-/m0/s1. The Labute approximate surface area is 91.5 Å². The van der Waals surface area contributed by atoms with Crippen molar-refractivity contribution in [3.8, 4) is 5.75 Å². The van der Waals surface area contributed by atoms with Gasteiger partial charge in [-0.1, -0.05) is 18.2 Å². The molecule has 0 aromatic heterocycles. The molecule has 0 spiro atoms. The number of rotatable bonds is 4. The number of hydrogen-bond acceptors (Lipinski definition) is 2. The Morgan fingerprint density at radius 2 is 2.12 bits per heavy atom. The molecule has 1 rings (SSSR count). The molecule has 1 aromatic rings. The first-order valence-corrected chi connectivity index (χ1v) is 4.64. The largest absolute Gasteiger partial charge is 0.573 e. The van der Waals surface area contributed by atoms with Gasteiger partial charge in [0.15, 0.2) is 0 Å². The van der Waals surface area contributed by atoms with Crippen molar-refractivity contribution in [2.24, 2.45) is 5.73 Å². The fourth-order valence-corrected chi connectivity index (χ4v) is 1.26. The summed E-state index contributed by atoms with van der Waals surface area (Å²) in [6, 6.07) is 5.27. The van der Waals surface area contributed by atoms with Gasteiger partial charge in [0, 0.05) is 6.04 Å². The quantitative estimate of drug-likeness (QED) is 0.808. The molecule has 0 aliphatic heterocycles. The summed E-state index contributed by atoms with van der Waals surface area (Å²) in [7, 11) is 0. The lowest BCUT2D eigenvalue weighted by Gasteiger charge is -2.13. The summed E-state index contributed by atoms with van der Waals surface area (Å²) in [6.45, 7) is 3.52. The lowest BCUT2D eigenvalue weighted by atomic mass is 10.0. The van der Waals surface area contributed by atoms with Gasteiger partial charge in [-0.2, -0.15) is 0 Å². The van der Waals surface area contributed by atoms with Crippen LogP contribution in [0.1, 0.15) is 18.0 Å². The SMILES string of the molecule is C=CC[C@H](N)c1cccc(OC(F)(F)F)c1. The van der Waals surface area contributed by atoms with Crippen molar-refractivity contribution < 1.29 is 17.9 Å². The molecule has 2 N–H and O–H groups in total. The molecule has 16 heavy (non-hydrogen) atoms. The predicted molar refractivity (Wildman–Crippen MR) is 54.9 cm³/mol. The molecule has 0 radical (unpaired) electrons. The first-order valence-electron chi connectivity index (χ1n) is 4.64. The van der Waals surface area contributed by atoms with Crippen molar-refractivity contribution in [3.63, 3.8) is 0 Å². The third kappa shape index (κ3) is 3.94. The number of hydrogen-bond donors (Lipinski definition) is 1. The molecular formula is C11H12F3NO. The van der Waals surface area contributed by atoms with E-state index in [0.29, 0.717) is 12.0 Å². The Kier molecular flexibility index (Phi) is 3.95. The monoisotopic (exact) mass is 231 g/mol. The average molecular weight is 231 g/mol. The first-order chi connectivity index (χ1) is 7.42. The lowest BCUT2D eigenvalue weighted by molar-refractivity contribution is -0.274. The summed E-state index contributed by atoms with van der Waals surface area (Å²) in [5.41, 5.74) is 6.31. The Bertz CT molecular complexity index is 362. The van der Waals surface area contributed by atoms with Crippen LogP contribution in [-0.2, 0) is 0 Å². The van der Waals surface area contributed by atoms with Gasteiger partial charge in [0.25, 0.3) is 0 Å². The van der Waals surface area contributed by atoms with E-state index in [9.17, 15) is 13.2 Å². The van der Waals surface area contributed by atoms with Crippen LogP contribution in [-0.4, -0.2) is 6.36 Å². The van der Waals surface area contributed by atoms with Crippen LogP contribution in [0.15, 0.2) is 36.9 Å². The molecule has 0 saturated heterocycles. The summed E-state index contributed by atoms with van der Waals surface area (Å²) < 4.78 is 39.6. The van der Waals surface area contributed by atoms with Crippen LogP contribution in [0.2, 0.25) is 0 Å². The van der Waals surface area contributed by atoms with E-state index in [1.165, 1.54) is 18.2 Å². The molecule has 0 unspecified atom stereocenters. The predicted octanol–water partition coefficient (Wildman–Crippen LogP) is 3.16. The van der Waals surface area contributed by atoms with Gasteiger partial charge >= 0.3 is 6.36 Å². The molecule has 0 aliphatic carbocycles. The summed E-state index contributed by atoms with van der Waals surface area (Å²) in [5, 5.41) is 0. The fourth-order valence-electron chi connectivity index (χ4n) is 1.26. The molecule has 1 aromatic carbocycles. The highest BCUT2D eigenvalue weighted by Crippen LogP contribution is 2.25. The van der Waals surface area contributed by atoms with Gasteiger partial charge in [0.1, 0.15) is 5.75 Å². The first kappa shape index (κ1) is 12.6. The van der Waals surface area contributed by atoms with Crippen LogP contribution >= 0.6 is 0 Å². The molecule has 0 aliphatic rings. The van der Waals surface area contributed by atoms with Crippen LogP contribution in [0.4, 0.5) is 13.2 Å². The Balaban J connectivity index is 2.82. The molecule has 88 valence electrons. The van der Waals surface area contributed by atoms with Crippen molar-refractivity contribution in [3.05, 3.63) is 42.5 Å². The maximum Gasteiger partial charge on any atom is 0.573 e. The smallest absolute Gasteiger partial charge is 0.406 e.